The van der Waals surface area contributed by atoms with Crippen LogP contribution in [0.2, 0.25) is 0 Å². The zero-order chi connectivity index (χ0) is 10.6. The van der Waals surface area contributed by atoms with E-state index in [1.165, 1.54) is 0 Å². The number of hydrogen-bond acceptors (Lipinski definition) is 2. The molecule has 0 aliphatic heterocycles. The number of carbonyl (C=O) groups excluding carboxylic acids is 2. The highest BCUT2D eigenvalue weighted by Crippen LogP contribution is 2.34. The predicted molar refractivity (Wildman–Crippen MR) is 55.9 cm³/mol. The Morgan fingerprint density at radius 1 is 1.64 bits per heavy atom. The fourth-order valence-corrected chi connectivity index (χ4v) is 1.66. The van der Waals surface area contributed by atoms with Crippen LogP contribution in [0.15, 0.2) is 23.8 Å². The highest BCUT2D eigenvalue weighted by molar-refractivity contribution is 5.92. The minimum Gasteiger partial charge on any atom is -0.298 e. The first kappa shape index (κ1) is 10.9. The van der Waals surface area contributed by atoms with Crippen molar-refractivity contribution >= 4 is 12.1 Å². The van der Waals surface area contributed by atoms with Gasteiger partial charge in [0.05, 0.1) is 0 Å². The average molecular weight is 192 g/mol. The molecule has 1 rings (SSSR count). The summed E-state index contributed by atoms with van der Waals surface area (Å²) >= 11 is 0. The van der Waals surface area contributed by atoms with E-state index in [0.29, 0.717) is 6.42 Å². The van der Waals surface area contributed by atoms with Gasteiger partial charge in [-0.1, -0.05) is 19.1 Å². The van der Waals surface area contributed by atoms with E-state index in [9.17, 15) is 9.59 Å². The molecule has 1 aliphatic rings. The molecule has 0 saturated heterocycles. The summed E-state index contributed by atoms with van der Waals surface area (Å²) in [5, 5.41) is 0. The fraction of sp³-hybridized carbons (Fsp3) is 0.500. The van der Waals surface area contributed by atoms with E-state index in [-0.39, 0.29) is 11.2 Å². The maximum atomic E-state index is 11.1. The molecule has 0 fully saturated rings. The van der Waals surface area contributed by atoms with Crippen molar-refractivity contribution in [1.29, 1.82) is 0 Å². The largest absolute Gasteiger partial charge is 0.298 e. The molecule has 1 atom stereocenters. The second kappa shape index (κ2) is 4.36. The molecule has 0 aromatic heterocycles. The minimum absolute atomic E-state index is 0.0107. The van der Waals surface area contributed by atoms with Gasteiger partial charge in [-0.15, -0.1) is 0 Å². The summed E-state index contributed by atoms with van der Waals surface area (Å²) < 4.78 is 0. The lowest BCUT2D eigenvalue weighted by atomic mass is 9.85. The molecule has 14 heavy (non-hydrogen) atoms. The van der Waals surface area contributed by atoms with Gasteiger partial charge in [0.2, 0.25) is 0 Å². The van der Waals surface area contributed by atoms with Gasteiger partial charge in [0.25, 0.3) is 0 Å². The van der Waals surface area contributed by atoms with Gasteiger partial charge in [-0.2, -0.15) is 0 Å². The van der Waals surface area contributed by atoms with E-state index < -0.39 is 0 Å². The quantitative estimate of drug-likeness (QED) is 0.506. The fourth-order valence-electron chi connectivity index (χ4n) is 1.66. The average Bonchev–Trinajstić information content (AvgIpc) is 2.46. The van der Waals surface area contributed by atoms with Gasteiger partial charge >= 0.3 is 0 Å². The third-order valence-corrected chi connectivity index (χ3v) is 2.62. The van der Waals surface area contributed by atoms with Gasteiger partial charge in [-0.05, 0) is 36.8 Å². The highest BCUT2D eigenvalue weighted by Gasteiger charge is 2.27. The molecule has 0 bridgehead atoms. The molecule has 2 nitrogen and oxygen atoms in total. The van der Waals surface area contributed by atoms with E-state index >= 15 is 0 Å². The summed E-state index contributed by atoms with van der Waals surface area (Å²) in [5.41, 5.74) is 0.776. The van der Waals surface area contributed by atoms with Crippen LogP contribution in [0.1, 0.15) is 33.1 Å². The first-order valence-corrected chi connectivity index (χ1v) is 4.90. The van der Waals surface area contributed by atoms with E-state index in [2.05, 4.69) is 6.92 Å². The smallest absolute Gasteiger partial charge is 0.156 e. The summed E-state index contributed by atoms with van der Waals surface area (Å²) in [4.78, 5) is 21.4. The number of hydrogen-bond donors (Lipinski definition) is 0. The Hall–Kier alpha value is -1.18. The Labute approximate surface area is 84.7 Å². The Bertz CT molecular complexity index is 299. The van der Waals surface area contributed by atoms with E-state index in [1.54, 1.807) is 13.0 Å². The van der Waals surface area contributed by atoms with Crippen LogP contribution in [0, 0.1) is 5.41 Å². The second-order valence-corrected chi connectivity index (χ2v) is 4.24. The molecule has 0 saturated carbocycles. The Kier molecular flexibility index (Phi) is 3.39. The van der Waals surface area contributed by atoms with Gasteiger partial charge in [-0.25, -0.2) is 0 Å². The molecule has 0 spiro atoms. The molecule has 1 aliphatic carbocycles. The van der Waals surface area contributed by atoms with Crippen LogP contribution in [0.3, 0.4) is 0 Å². The molecule has 0 aromatic carbocycles. The van der Waals surface area contributed by atoms with Crippen molar-refractivity contribution in [3.63, 3.8) is 0 Å². The Balaban J connectivity index is 2.42. The van der Waals surface area contributed by atoms with Crippen molar-refractivity contribution in [3.8, 4) is 0 Å². The van der Waals surface area contributed by atoms with Gasteiger partial charge in [0.15, 0.2) is 5.78 Å². The van der Waals surface area contributed by atoms with E-state index in [1.807, 2.05) is 12.2 Å². The molecule has 0 N–H and O–H groups in total. The van der Waals surface area contributed by atoms with E-state index in [0.717, 1.165) is 24.7 Å². The summed E-state index contributed by atoms with van der Waals surface area (Å²) in [6, 6.07) is 0. The van der Waals surface area contributed by atoms with Crippen molar-refractivity contribution in [1.82, 2.24) is 0 Å². The molecule has 76 valence electrons. The van der Waals surface area contributed by atoms with Crippen molar-refractivity contribution in [2.45, 2.75) is 33.1 Å². The standard InChI is InChI=1S/C12H16O2/c1-10(9-13)4-3-6-12(2)7-5-11(14)8-12/h4-5,7,9H,3,6,8H2,1-2H3/b10-4+. The summed E-state index contributed by atoms with van der Waals surface area (Å²) in [6.07, 6.45) is 8.84. The van der Waals surface area contributed by atoms with Crippen LogP contribution in [-0.2, 0) is 9.59 Å². The molecule has 0 amide bonds. The molecule has 1 unspecified atom stereocenters. The summed E-state index contributed by atoms with van der Waals surface area (Å²) in [7, 11) is 0. The van der Waals surface area contributed by atoms with Crippen molar-refractivity contribution in [2.75, 3.05) is 0 Å². The number of carbonyl (C=O) groups is 2. The van der Waals surface area contributed by atoms with Crippen LogP contribution in [-0.4, -0.2) is 12.1 Å². The molecule has 0 radical (unpaired) electrons. The zero-order valence-electron chi connectivity index (χ0n) is 8.75. The molecular weight excluding hydrogens is 176 g/mol. The lowest BCUT2D eigenvalue weighted by molar-refractivity contribution is -0.115. The lowest BCUT2D eigenvalue weighted by Crippen LogP contribution is -2.11. The van der Waals surface area contributed by atoms with Crippen molar-refractivity contribution in [3.05, 3.63) is 23.8 Å². The minimum atomic E-state index is 0.0107. The highest BCUT2D eigenvalue weighted by atomic mass is 16.1. The topological polar surface area (TPSA) is 34.1 Å². The van der Waals surface area contributed by atoms with Gasteiger partial charge < -0.3 is 0 Å². The van der Waals surface area contributed by atoms with Gasteiger partial charge in [0.1, 0.15) is 6.29 Å². The van der Waals surface area contributed by atoms with Crippen molar-refractivity contribution < 1.29 is 9.59 Å². The summed E-state index contributed by atoms with van der Waals surface area (Å²) in [5.74, 6) is 0.212. The van der Waals surface area contributed by atoms with Crippen LogP contribution < -0.4 is 0 Å². The third-order valence-electron chi connectivity index (χ3n) is 2.62. The maximum absolute atomic E-state index is 11.1. The zero-order valence-corrected chi connectivity index (χ0v) is 8.75. The lowest BCUT2D eigenvalue weighted by Gasteiger charge is -2.19. The van der Waals surface area contributed by atoms with E-state index in [4.69, 9.17) is 0 Å². The second-order valence-electron chi connectivity index (χ2n) is 4.24. The number of ketones is 1. The normalized spacial score (nSPS) is 27.0. The van der Waals surface area contributed by atoms with Crippen LogP contribution in [0.5, 0.6) is 0 Å². The Morgan fingerprint density at radius 2 is 2.36 bits per heavy atom. The summed E-state index contributed by atoms with van der Waals surface area (Å²) in [6.45, 7) is 3.88. The first-order valence-electron chi connectivity index (χ1n) is 4.90. The first-order chi connectivity index (χ1) is 6.56. The SMILES string of the molecule is C/C(C=O)=C\CCC1(C)C=CC(=O)C1. The van der Waals surface area contributed by atoms with Crippen molar-refractivity contribution in [2.24, 2.45) is 5.41 Å². The third kappa shape index (κ3) is 2.95. The predicted octanol–water partition coefficient (Wildman–Crippen LogP) is 2.45. The molecule has 0 aromatic rings. The molecular formula is C12H16O2. The van der Waals surface area contributed by atoms with Gasteiger partial charge in [0, 0.05) is 6.42 Å². The maximum Gasteiger partial charge on any atom is 0.156 e. The number of rotatable bonds is 4. The number of aldehydes is 1. The number of allylic oxidation sites excluding steroid dienone is 4. The van der Waals surface area contributed by atoms with Crippen LogP contribution >= 0.6 is 0 Å². The molecule has 2 heteroatoms. The monoisotopic (exact) mass is 192 g/mol. The van der Waals surface area contributed by atoms with Crippen LogP contribution in [0.4, 0.5) is 0 Å². The Morgan fingerprint density at radius 3 is 2.86 bits per heavy atom. The van der Waals surface area contributed by atoms with Gasteiger partial charge in [-0.3, -0.25) is 9.59 Å². The van der Waals surface area contributed by atoms with Crippen LogP contribution in [0.25, 0.3) is 0 Å². The molecule has 0 heterocycles.